The molecule has 1 N–H and O–H groups in total. The monoisotopic (exact) mass is 290 g/mol. The number of anilines is 1. The lowest BCUT2D eigenvalue weighted by molar-refractivity contribution is -0.384. The van der Waals surface area contributed by atoms with Gasteiger partial charge in [0.05, 0.1) is 11.5 Å². The van der Waals surface area contributed by atoms with E-state index in [9.17, 15) is 14.9 Å². The van der Waals surface area contributed by atoms with E-state index in [-0.39, 0.29) is 24.1 Å². The van der Waals surface area contributed by atoms with Gasteiger partial charge < -0.3 is 10.1 Å². The average molecular weight is 290 g/mol. The third kappa shape index (κ3) is 4.13. The van der Waals surface area contributed by atoms with Gasteiger partial charge in [-0.05, 0) is 24.8 Å². The second kappa shape index (κ2) is 6.99. The number of nitrogens with one attached hydrogen (secondary N) is 1. The Hall–Kier alpha value is -2.21. The molecule has 0 saturated carbocycles. The molecule has 0 spiro atoms. The highest BCUT2D eigenvalue weighted by molar-refractivity contribution is 5.92. The Labute approximate surface area is 122 Å². The van der Waals surface area contributed by atoms with E-state index in [2.05, 4.69) is 17.5 Å². The molecular formula is C15H18N2O4. The topological polar surface area (TPSA) is 81.5 Å². The van der Waals surface area contributed by atoms with Crippen molar-refractivity contribution in [2.45, 2.75) is 25.9 Å². The summed E-state index contributed by atoms with van der Waals surface area (Å²) < 4.78 is 5.03. The lowest BCUT2D eigenvalue weighted by Gasteiger charge is -2.12. The Morgan fingerprint density at radius 2 is 2.33 bits per heavy atom. The highest BCUT2D eigenvalue weighted by Gasteiger charge is 2.16. The summed E-state index contributed by atoms with van der Waals surface area (Å²) in [6.07, 6.45) is 6.59. The number of carbonyl (C=O) groups is 1. The van der Waals surface area contributed by atoms with E-state index in [4.69, 9.17) is 4.74 Å². The van der Waals surface area contributed by atoms with Crippen LogP contribution in [0, 0.1) is 16.0 Å². The predicted octanol–water partition coefficient (Wildman–Crippen LogP) is 3.04. The lowest BCUT2D eigenvalue weighted by atomic mass is 10.0. The number of hydrogen-bond acceptors (Lipinski definition) is 4. The highest BCUT2D eigenvalue weighted by Crippen LogP contribution is 2.25. The lowest BCUT2D eigenvalue weighted by Crippen LogP contribution is -2.16. The minimum absolute atomic E-state index is 0.0150. The molecule has 21 heavy (non-hydrogen) atoms. The number of benzene rings is 1. The maximum atomic E-state index is 12.0. The molecule has 0 aromatic heterocycles. The number of nitro groups is 1. The number of nitrogens with zero attached hydrogens (tertiary/aromatic N) is 1. The Balaban J connectivity index is 2.08. The summed E-state index contributed by atoms with van der Waals surface area (Å²) in [6, 6.07) is 4.35. The van der Waals surface area contributed by atoms with Gasteiger partial charge in [0, 0.05) is 36.9 Å². The Morgan fingerprint density at radius 3 is 2.95 bits per heavy atom. The van der Waals surface area contributed by atoms with Crippen LogP contribution in [0.15, 0.2) is 30.4 Å². The number of allylic oxidation sites excluding steroid dienone is 2. The van der Waals surface area contributed by atoms with E-state index >= 15 is 0 Å². The molecule has 0 radical (unpaired) electrons. The smallest absolute Gasteiger partial charge is 0.269 e. The van der Waals surface area contributed by atoms with Gasteiger partial charge in [0.25, 0.3) is 5.69 Å². The van der Waals surface area contributed by atoms with Gasteiger partial charge >= 0.3 is 0 Å². The minimum Gasteiger partial charge on any atom is -0.380 e. The molecule has 1 unspecified atom stereocenters. The van der Waals surface area contributed by atoms with Crippen molar-refractivity contribution in [1.82, 2.24) is 0 Å². The molecular weight excluding hydrogens is 272 g/mol. The number of nitro benzene ring substituents is 1. The Morgan fingerprint density at radius 1 is 1.52 bits per heavy atom. The number of methoxy groups -OCH3 is 1. The van der Waals surface area contributed by atoms with Crippen LogP contribution in [0.1, 0.15) is 24.8 Å². The molecule has 0 heterocycles. The second-order valence-corrected chi connectivity index (χ2v) is 5.05. The molecule has 0 fully saturated rings. The molecule has 0 aliphatic heterocycles. The highest BCUT2D eigenvalue weighted by atomic mass is 16.6. The molecule has 6 heteroatoms. The van der Waals surface area contributed by atoms with Crippen LogP contribution >= 0.6 is 0 Å². The fraction of sp³-hybridized carbons (Fsp3) is 0.400. The zero-order valence-corrected chi connectivity index (χ0v) is 11.9. The first-order chi connectivity index (χ1) is 10.1. The maximum Gasteiger partial charge on any atom is 0.269 e. The van der Waals surface area contributed by atoms with Gasteiger partial charge in [0.1, 0.15) is 0 Å². The summed E-state index contributed by atoms with van der Waals surface area (Å²) in [7, 11) is 1.51. The zero-order chi connectivity index (χ0) is 15.2. The van der Waals surface area contributed by atoms with E-state index in [1.165, 1.54) is 19.2 Å². The average Bonchev–Trinajstić information content (AvgIpc) is 2.93. The van der Waals surface area contributed by atoms with Gasteiger partial charge in [-0.1, -0.05) is 12.2 Å². The summed E-state index contributed by atoms with van der Waals surface area (Å²) >= 11 is 0. The molecule has 1 atom stereocenters. The standard InChI is InChI=1S/C15H18N2O4/c1-21-10-12-9-13(17(19)20)6-7-14(12)16-15(18)8-11-4-2-3-5-11/h2,4,6-7,9,11H,3,5,8,10H2,1H3,(H,16,18). The van der Waals surface area contributed by atoms with Gasteiger partial charge in [-0.3, -0.25) is 14.9 Å². The molecule has 1 aliphatic rings. The normalized spacial score (nSPS) is 16.9. The van der Waals surface area contributed by atoms with E-state index in [0.717, 1.165) is 12.8 Å². The van der Waals surface area contributed by atoms with E-state index < -0.39 is 4.92 Å². The van der Waals surface area contributed by atoms with Crippen molar-refractivity contribution in [2.24, 2.45) is 5.92 Å². The first-order valence-electron chi connectivity index (χ1n) is 6.83. The van der Waals surface area contributed by atoms with Crippen LogP contribution in [0.2, 0.25) is 0 Å². The fourth-order valence-corrected chi connectivity index (χ4v) is 2.40. The van der Waals surface area contributed by atoms with Crippen LogP contribution in [-0.2, 0) is 16.1 Å². The fourth-order valence-electron chi connectivity index (χ4n) is 2.40. The molecule has 1 aromatic carbocycles. The summed E-state index contributed by atoms with van der Waals surface area (Å²) in [6.45, 7) is 0.209. The maximum absolute atomic E-state index is 12.0. The largest absolute Gasteiger partial charge is 0.380 e. The molecule has 2 rings (SSSR count). The summed E-state index contributed by atoms with van der Waals surface area (Å²) in [5.74, 6) is 0.201. The molecule has 112 valence electrons. The molecule has 1 aromatic rings. The summed E-state index contributed by atoms with van der Waals surface area (Å²) in [5.41, 5.74) is 1.15. The number of amides is 1. The third-order valence-electron chi connectivity index (χ3n) is 3.43. The van der Waals surface area contributed by atoms with Gasteiger partial charge in [-0.25, -0.2) is 0 Å². The SMILES string of the molecule is COCc1cc([N+](=O)[O-])ccc1NC(=O)CC1C=CCC1. The molecule has 6 nitrogen and oxygen atoms in total. The van der Waals surface area contributed by atoms with Crippen molar-refractivity contribution >= 4 is 17.3 Å². The van der Waals surface area contributed by atoms with E-state index in [1.54, 1.807) is 6.07 Å². The molecule has 1 amide bonds. The van der Waals surface area contributed by atoms with Crippen LogP contribution in [0.25, 0.3) is 0 Å². The number of non-ortho nitro benzene ring substituents is 1. The van der Waals surface area contributed by atoms with Crippen molar-refractivity contribution in [3.05, 3.63) is 46.0 Å². The van der Waals surface area contributed by atoms with Crippen LogP contribution in [0.5, 0.6) is 0 Å². The van der Waals surface area contributed by atoms with Crippen molar-refractivity contribution in [2.75, 3.05) is 12.4 Å². The number of carbonyl (C=O) groups excluding carboxylic acids is 1. The molecule has 1 aliphatic carbocycles. The number of rotatable bonds is 6. The van der Waals surface area contributed by atoms with Crippen LogP contribution < -0.4 is 5.32 Å². The van der Waals surface area contributed by atoms with Crippen molar-refractivity contribution in [3.63, 3.8) is 0 Å². The Bertz CT molecular complexity index is 569. The van der Waals surface area contributed by atoms with Crippen LogP contribution in [0.4, 0.5) is 11.4 Å². The van der Waals surface area contributed by atoms with E-state index in [1.807, 2.05) is 0 Å². The summed E-state index contributed by atoms with van der Waals surface area (Å²) in [5, 5.41) is 13.6. The van der Waals surface area contributed by atoms with Crippen molar-refractivity contribution in [1.29, 1.82) is 0 Å². The predicted molar refractivity (Wildman–Crippen MR) is 78.9 cm³/mol. The van der Waals surface area contributed by atoms with Gasteiger partial charge in [-0.15, -0.1) is 0 Å². The minimum atomic E-state index is -0.464. The quantitative estimate of drug-likeness (QED) is 0.496. The van der Waals surface area contributed by atoms with Gasteiger partial charge in [0.2, 0.25) is 5.91 Å². The molecule has 0 saturated heterocycles. The first kappa shape index (κ1) is 15.2. The van der Waals surface area contributed by atoms with Crippen LogP contribution in [0.3, 0.4) is 0 Å². The van der Waals surface area contributed by atoms with Gasteiger partial charge in [0.15, 0.2) is 0 Å². The zero-order valence-electron chi connectivity index (χ0n) is 11.9. The van der Waals surface area contributed by atoms with Crippen LogP contribution in [-0.4, -0.2) is 17.9 Å². The van der Waals surface area contributed by atoms with Crippen molar-refractivity contribution < 1.29 is 14.5 Å². The van der Waals surface area contributed by atoms with Crippen molar-refractivity contribution in [3.8, 4) is 0 Å². The van der Waals surface area contributed by atoms with Gasteiger partial charge in [-0.2, -0.15) is 0 Å². The van der Waals surface area contributed by atoms with E-state index in [0.29, 0.717) is 17.7 Å². The first-order valence-corrected chi connectivity index (χ1v) is 6.83. The Kier molecular flexibility index (Phi) is 5.05. The molecule has 0 bridgehead atoms. The summed E-state index contributed by atoms with van der Waals surface area (Å²) in [4.78, 5) is 22.4. The second-order valence-electron chi connectivity index (χ2n) is 5.05. The number of hydrogen-bond donors (Lipinski definition) is 1. The third-order valence-corrected chi connectivity index (χ3v) is 3.43. The number of ether oxygens (including phenoxy) is 1.